The first-order valence-corrected chi connectivity index (χ1v) is 8.60. The fraction of sp³-hybridized carbons (Fsp3) is 0.421. The molecule has 0 unspecified atom stereocenters. The van der Waals surface area contributed by atoms with Crippen LogP contribution < -0.4 is 14.4 Å². The number of methoxy groups -OCH3 is 2. The van der Waals surface area contributed by atoms with Gasteiger partial charge in [0.25, 0.3) is 0 Å². The molecule has 0 fully saturated rings. The first kappa shape index (κ1) is 19.5. The van der Waals surface area contributed by atoms with E-state index in [2.05, 4.69) is 9.97 Å². The summed E-state index contributed by atoms with van der Waals surface area (Å²) >= 11 is 0. The van der Waals surface area contributed by atoms with Crippen molar-refractivity contribution in [2.45, 2.75) is 20.8 Å². The summed E-state index contributed by atoms with van der Waals surface area (Å²) < 4.78 is 15.8. The van der Waals surface area contributed by atoms with Gasteiger partial charge in [-0.15, -0.1) is 0 Å². The molecule has 0 amide bonds. The summed E-state index contributed by atoms with van der Waals surface area (Å²) in [5.41, 5.74) is 1.13. The van der Waals surface area contributed by atoms with Crippen LogP contribution in [-0.4, -0.2) is 49.9 Å². The summed E-state index contributed by atoms with van der Waals surface area (Å²) in [6, 6.07) is 5.46. The Hall–Kier alpha value is -2.83. The van der Waals surface area contributed by atoms with Crippen LogP contribution in [0.1, 0.15) is 31.1 Å². The fourth-order valence-electron chi connectivity index (χ4n) is 2.60. The maximum Gasteiger partial charge on any atom is 0.343 e. The number of aromatic nitrogens is 2. The summed E-state index contributed by atoms with van der Waals surface area (Å²) in [4.78, 5) is 23.3. The second-order valence-electron chi connectivity index (χ2n) is 5.39. The molecule has 26 heavy (non-hydrogen) atoms. The van der Waals surface area contributed by atoms with E-state index in [-0.39, 0.29) is 0 Å². The predicted molar refractivity (Wildman–Crippen MR) is 100 cm³/mol. The van der Waals surface area contributed by atoms with Gasteiger partial charge in [0.2, 0.25) is 0 Å². The fourth-order valence-corrected chi connectivity index (χ4v) is 2.60. The van der Waals surface area contributed by atoms with E-state index in [0.29, 0.717) is 48.4 Å². The standard InChI is InChI=1S/C19H25N3O4/c1-6-22(7-2)18-14(19(23)26-8-3)12-20-17(21-18)13-9-10-15(24-4)16(11-13)25-5/h9-12H,6-8H2,1-5H3. The highest BCUT2D eigenvalue weighted by molar-refractivity contribution is 5.94. The Morgan fingerprint density at radius 1 is 1.08 bits per heavy atom. The summed E-state index contributed by atoms with van der Waals surface area (Å²) in [5.74, 6) is 1.86. The van der Waals surface area contributed by atoms with Gasteiger partial charge in [-0.05, 0) is 39.0 Å². The molecule has 1 aromatic heterocycles. The average molecular weight is 359 g/mol. The molecular formula is C19H25N3O4. The molecule has 1 aromatic carbocycles. The molecule has 0 aliphatic heterocycles. The van der Waals surface area contributed by atoms with Crippen molar-refractivity contribution < 1.29 is 19.0 Å². The van der Waals surface area contributed by atoms with Crippen molar-refractivity contribution in [2.24, 2.45) is 0 Å². The van der Waals surface area contributed by atoms with Crippen LogP contribution in [0.3, 0.4) is 0 Å². The van der Waals surface area contributed by atoms with Crippen LogP contribution in [0.15, 0.2) is 24.4 Å². The Bertz CT molecular complexity index is 760. The predicted octanol–water partition coefficient (Wildman–Crippen LogP) is 3.18. The molecule has 0 bridgehead atoms. The smallest absolute Gasteiger partial charge is 0.343 e. The first-order chi connectivity index (χ1) is 12.6. The Morgan fingerprint density at radius 3 is 2.35 bits per heavy atom. The number of ether oxygens (including phenoxy) is 3. The molecule has 0 saturated carbocycles. The molecule has 0 N–H and O–H groups in total. The highest BCUT2D eigenvalue weighted by Gasteiger charge is 2.20. The molecule has 7 nitrogen and oxygen atoms in total. The van der Waals surface area contributed by atoms with Gasteiger partial charge in [-0.1, -0.05) is 0 Å². The van der Waals surface area contributed by atoms with Gasteiger partial charge in [-0.2, -0.15) is 0 Å². The third-order valence-electron chi connectivity index (χ3n) is 3.97. The minimum absolute atomic E-state index is 0.300. The molecular weight excluding hydrogens is 334 g/mol. The summed E-state index contributed by atoms with van der Waals surface area (Å²) in [5, 5.41) is 0. The van der Waals surface area contributed by atoms with Crippen molar-refractivity contribution >= 4 is 11.8 Å². The van der Waals surface area contributed by atoms with Crippen LogP contribution in [0.5, 0.6) is 11.5 Å². The quantitative estimate of drug-likeness (QED) is 0.670. The van der Waals surface area contributed by atoms with Crippen LogP contribution in [0, 0.1) is 0 Å². The Morgan fingerprint density at radius 2 is 1.77 bits per heavy atom. The summed E-state index contributed by atoms with van der Waals surface area (Å²) in [7, 11) is 3.16. The number of carbonyl (C=O) groups excluding carboxylic acids is 1. The largest absolute Gasteiger partial charge is 0.493 e. The van der Waals surface area contributed by atoms with E-state index >= 15 is 0 Å². The minimum atomic E-state index is -0.423. The molecule has 2 aromatic rings. The zero-order chi connectivity index (χ0) is 19.1. The van der Waals surface area contributed by atoms with Crippen molar-refractivity contribution in [1.82, 2.24) is 9.97 Å². The van der Waals surface area contributed by atoms with E-state index in [1.807, 2.05) is 30.9 Å². The number of carbonyl (C=O) groups is 1. The van der Waals surface area contributed by atoms with Crippen molar-refractivity contribution in [3.8, 4) is 22.9 Å². The molecule has 2 rings (SSSR count). The SMILES string of the molecule is CCOC(=O)c1cnc(-c2ccc(OC)c(OC)c2)nc1N(CC)CC. The van der Waals surface area contributed by atoms with Crippen LogP contribution in [-0.2, 0) is 4.74 Å². The van der Waals surface area contributed by atoms with Gasteiger partial charge in [-0.3, -0.25) is 0 Å². The van der Waals surface area contributed by atoms with Gasteiger partial charge < -0.3 is 19.1 Å². The number of rotatable bonds is 8. The van der Waals surface area contributed by atoms with E-state index in [4.69, 9.17) is 14.2 Å². The van der Waals surface area contributed by atoms with E-state index in [0.717, 1.165) is 5.56 Å². The zero-order valence-corrected chi connectivity index (χ0v) is 15.9. The maximum absolute atomic E-state index is 12.3. The molecule has 0 radical (unpaired) electrons. The van der Waals surface area contributed by atoms with Crippen molar-refractivity contribution in [2.75, 3.05) is 38.8 Å². The lowest BCUT2D eigenvalue weighted by atomic mass is 10.1. The van der Waals surface area contributed by atoms with E-state index < -0.39 is 5.97 Å². The van der Waals surface area contributed by atoms with Gasteiger partial charge in [0.1, 0.15) is 11.4 Å². The number of nitrogens with zero attached hydrogens (tertiary/aromatic N) is 3. The summed E-state index contributed by atoms with van der Waals surface area (Å²) in [6.45, 7) is 7.52. The zero-order valence-electron chi connectivity index (χ0n) is 15.9. The van der Waals surface area contributed by atoms with Crippen LogP contribution in [0.25, 0.3) is 11.4 Å². The van der Waals surface area contributed by atoms with Crippen molar-refractivity contribution in [1.29, 1.82) is 0 Å². The van der Waals surface area contributed by atoms with Crippen molar-refractivity contribution in [3.05, 3.63) is 30.0 Å². The Balaban J connectivity index is 2.54. The van der Waals surface area contributed by atoms with E-state index in [1.165, 1.54) is 6.20 Å². The summed E-state index contributed by atoms with van der Waals surface area (Å²) in [6.07, 6.45) is 1.52. The lowest BCUT2D eigenvalue weighted by Gasteiger charge is -2.22. The highest BCUT2D eigenvalue weighted by Crippen LogP contribution is 2.32. The minimum Gasteiger partial charge on any atom is -0.493 e. The lowest BCUT2D eigenvalue weighted by Crippen LogP contribution is -2.26. The Kier molecular flexibility index (Phi) is 6.77. The Labute approximate surface area is 153 Å². The topological polar surface area (TPSA) is 73.8 Å². The number of anilines is 1. The van der Waals surface area contributed by atoms with E-state index in [1.54, 1.807) is 27.2 Å². The van der Waals surface area contributed by atoms with Crippen LogP contribution in [0.2, 0.25) is 0 Å². The number of benzene rings is 1. The molecule has 0 aliphatic carbocycles. The van der Waals surface area contributed by atoms with Gasteiger partial charge in [0.05, 0.1) is 20.8 Å². The number of esters is 1. The molecule has 0 saturated heterocycles. The average Bonchev–Trinajstić information content (AvgIpc) is 2.68. The van der Waals surface area contributed by atoms with E-state index in [9.17, 15) is 4.79 Å². The molecule has 1 heterocycles. The molecule has 0 aliphatic rings. The second-order valence-corrected chi connectivity index (χ2v) is 5.39. The molecule has 7 heteroatoms. The molecule has 0 atom stereocenters. The maximum atomic E-state index is 12.3. The van der Waals surface area contributed by atoms with Gasteiger partial charge >= 0.3 is 5.97 Å². The second kappa shape index (κ2) is 9.03. The van der Waals surface area contributed by atoms with Crippen molar-refractivity contribution in [3.63, 3.8) is 0 Å². The molecule has 0 spiro atoms. The van der Waals surface area contributed by atoms with Gasteiger partial charge in [-0.25, -0.2) is 14.8 Å². The number of hydrogen-bond acceptors (Lipinski definition) is 7. The van der Waals surface area contributed by atoms with Crippen LogP contribution >= 0.6 is 0 Å². The number of hydrogen-bond donors (Lipinski definition) is 0. The lowest BCUT2D eigenvalue weighted by molar-refractivity contribution is 0.0526. The molecule has 140 valence electrons. The van der Waals surface area contributed by atoms with Crippen LogP contribution in [0.4, 0.5) is 5.82 Å². The highest BCUT2D eigenvalue weighted by atomic mass is 16.5. The monoisotopic (exact) mass is 359 g/mol. The van der Waals surface area contributed by atoms with Gasteiger partial charge in [0.15, 0.2) is 17.3 Å². The first-order valence-electron chi connectivity index (χ1n) is 8.60. The third kappa shape index (κ3) is 4.04. The third-order valence-corrected chi connectivity index (χ3v) is 3.97. The normalized spacial score (nSPS) is 10.3. The van der Waals surface area contributed by atoms with Gasteiger partial charge in [0, 0.05) is 24.8 Å².